The average Bonchev–Trinajstić information content (AvgIpc) is 2.34. The highest BCUT2D eigenvalue weighted by Gasteiger charge is 1.95. The highest BCUT2D eigenvalue weighted by atomic mass is 32.2. The van der Waals surface area contributed by atoms with E-state index in [0.717, 1.165) is 12.8 Å². The van der Waals surface area contributed by atoms with Gasteiger partial charge in [0, 0.05) is 0 Å². The SMILES string of the molecule is CCCCCCCCCCCCCCOS(=O)O. The Morgan fingerprint density at radius 3 is 1.56 bits per heavy atom. The summed E-state index contributed by atoms with van der Waals surface area (Å²) in [6.45, 7) is 2.66. The molecular weight excluding hydrogens is 248 g/mol. The fraction of sp³-hybridized carbons (Fsp3) is 1.00. The van der Waals surface area contributed by atoms with Gasteiger partial charge in [-0.3, -0.25) is 8.74 Å². The Bertz CT molecular complexity index is 186. The molecule has 0 fully saturated rings. The van der Waals surface area contributed by atoms with Gasteiger partial charge in [0.1, 0.15) is 0 Å². The highest BCUT2D eigenvalue weighted by molar-refractivity contribution is 7.74. The predicted octanol–water partition coefficient (Wildman–Crippen LogP) is 4.84. The van der Waals surface area contributed by atoms with Crippen LogP contribution in [-0.2, 0) is 15.5 Å². The van der Waals surface area contributed by atoms with E-state index in [9.17, 15) is 4.21 Å². The van der Waals surface area contributed by atoms with Crippen LogP contribution >= 0.6 is 0 Å². The van der Waals surface area contributed by atoms with Crippen LogP contribution in [-0.4, -0.2) is 15.4 Å². The second kappa shape index (κ2) is 15.1. The Labute approximate surface area is 115 Å². The largest absolute Gasteiger partial charge is 0.301 e. The summed E-state index contributed by atoms with van der Waals surface area (Å²) in [7, 11) is 0. The van der Waals surface area contributed by atoms with Crippen LogP contribution < -0.4 is 0 Å². The molecule has 0 aliphatic rings. The summed E-state index contributed by atoms with van der Waals surface area (Å²) < 4.78 is 23.1. The highest BCUT2D eigenvalue weighted by Crippen LogP contribution is 2.11. The smallest absolute Gasteiger partial charge is 0.284 e. The number of rotatable bonds is 14. The van der Waals surface area contributed by atoms with Crippen LogP contribution in [0, 0.1) is 0 Å². The maximum absolute atomic E-state index is 10.2. The van der Waals surface area contributed by atoms with Gasteiger partial charge in [0.15, 0.2) is 0 Å². The van der Waals surface area contributed by atoms with Crippen molar-refractivity contribution < 1.29 is 12.9 Å². The lowest BCUT2D eigenvalue weighted by molar-refractivity contribution is 0.296. The Morgan fingerprint density at radius 1 is 0.778 bits per heavy atom. The van der Waals surface area contributed by atoms with Gasteiger partial charge in [0.2, 0.25) is 0 Å². The summed E-state index contributed by atoms with van der Waals surface area (Å²) in [5.41, 5.74) is 0. The predicted molar refractivity (Wildman–Crippen MR) is 77.8 cm³/mol. The van der Waals surface area contributed by atoms with E-state index in [1.807, 2.05) is 0 Å². The topological polar surface area (TPSA) is 46.5 Å². The van der Waals surface area contributed by atoms with Crippen LogP contribution in [0.5, 0.6) is 0 Å². The number of hydrogen-bond acceptors (Lipinski definition) is 2. The van der Waals surface area contributed by atoms with Crippen molar-refractivity contribution in [1.29, 1.82) is 0 Å². The Hall–Kier alpha value is 0.0700. The zero-order valence-electron chi connectivity index (χ0n) is 11.9. The van der Waals surface area contributed by atoms with Crippen LogP contribution in [0.15, 0.2) is 0 Å². The minimum Gasteiger partial charge on any atom is -0.284 e. The van der Waals surface area contributed by atoms with Crippen molar-refractivity contribution in [2.24, 2.45) is 0 Å². The molecule has 0 aliphatic heterocycles. The normalized spacial score (nSPS) is 12.8. The molecular formula is C14H30O3S. The minimum atomic E-state index is -2.08. The lowest BCUT2D eigenvalue weighted by Crippen LogP contribution is -1.97. The van der Waals surface area contributed by atoms with E-state index >= 15 is 0 Å². The molecule has 0 aliphatic carbocycles. The second-order valence-corrected chi connectivity index (χ2v) is 5.60. The first-order chi connectivity index (χ1) is 8.77. The van der Waals surface area contributed by atoms with E-state index in [-0.39, 0.29) is 0 Å². The van der Waals surface area contributed by atoms with Gasteiger partial charge < -0.3 is 0 Å². The van der Waals surface area contributed by atoms with Gasteiger partial charge in [-0.1, -0.05) is 77.6 Å². The molecule has 1 N–H and O–H groups in total. The molecule has 0 aromatic rings. The molecule has 0 aromatic heterocycles. The zero-order chi connectivity index (χ0) is 13.5. The van der Waals surface area contributed by atoms with E-state index in [4.69, 9.17) is 4.55 Å². The number of unbranched alkanes of at least 4 members (excludes halogenated alkanes) is 11. The molecule has 18 heavy (non-hydrogen) atoms. The van der Waals surface area contributed by atoms with E-state index in [2.05, 4.69) is 11.1 Å². The molecule has 0 saturated heterocycles. The molecule has 3 nitrogen and oxygen atoms in total. The Morgan fingerprint density at radius 2 is 1.17 bits per heavy atom. The van der Waals surface area contributed by atoms with Gasteiger partial charge in [0.05, 0.1) is 6.61 Å². The van der Waals surface area contributed by atoms with Gasteiger partial charge in [-0.05, 0) is 6.42 Å². The molecule has 110 valence electrons. The summed E-state index contributed by atoms with van der Waals surface area (Å²) in [6.07, 6.45) is 15.5. The monoisotopic (exact) mass is 278 g/mol. The van der Waals surface area contributed by atoms with Crippen LogP contribution in [0.3, 0.4) is 0 Å². The van der Waals surface area contributed by atoms with Crippen LogP contribution in [0.4, 0.5) is 0 Å². The molecule has 0 radical (unpaired) electrons. The molecule has 0 aromatic carbocycles. The zero-order valence-corrected chi connectivity index (χ0v) is 12.7. The van der Waals surface area contributed by atoms with Crippen LogP contribution in [0.1, 0.15) is 84.0 Å². The lowest BCUT2D eigenvalue weighted by atomic mass is 10.1. The first kappa shape index (κ1) is 18.1. The van der Waals surface area contributed by atoms with E-state index in [0.29, 0.717) is 6.61 Å². The summed E-state index contributed by atoms with van der Waals surface area (Å²) in [5.74, 6) is 0. The molecule has 4 heteroatoms. The first-order valence-corrected chi connectivity index (χ1v) is 8.54. The van der Waals surface area contributed by atoms with Gasteiger partial charge in [0.25, 0.3) is 0 Å². The van der Waals surface area contributed by atoms with Gasteiger partial charge in [-0.15, -0.1) is 0 Å². The molecule has 0 amide bonds. The van der Waals surface area contributed by atoms with E-state index in [1.54, 1.807) is 0 Å². The second-order valence-electron chi connectivity index (χ2n) is 4.93. The van der Waals surface area contributed by atoms with Crippen molar-refractivity contribution >= 4 is 11.4 Å². The van der Waals surface area contributed by atoms with Crippen molar-refractivity contribution in [2.45, 2.75) is 84.0 Å². The van der Waals surface area contributed by atoms with Gasteiger partial charge in [-0.25, -0.2) is 0 Å². The molecule has 0 heterocycles. The van der Waals surface area contributed by atoms with Gasteiger partial charge >= 0.3 is 11.4 Å². The number of hydrogen-bond donors (Lipinski definition) is 1. The average molecular weight is 278 g/mol. The fourth-order valence-electron chi connectivity index (χ4n) is 2.07. The molecule has 0 rings (SSSR count). The molecule has 0 bridgehead atoms. The van der Waals surface area contributed by atoms with Crippen molar-refractivity contribution in [3.05, 3.63) is 0 Å². The third-order valence-corrected chi connectivity index (χ3v) is 3.55. The Balaban J connectivity index is 2.92. The summed E-state index contributed by atoms with van der Waals surface area (Å²) in [4.78, 5) is 0. The minimum absolute atomic E-state index is 0.403. The maximum atomic E-state index is 10.2. The van der Waals surface area contributed by atoms with Crippen molar-refractivity contribution in [3.8, 4) is 0 Å². The molecule has 1 unspecified atom stereocenters. The van der Waals surface area contributed by atoms with Gasteiger partial charge in [-0.2, -0.15) is 4.21 Å². The lowest BCUT2D eigenvalue weighted by Gasteiger charge is -2.02. The van der Waals surface area contributed by atoms with Crippen molar-refractivity contribution in [2.75, 3.05) is 6.61 Å². The van der Waals surface area contributed by atoms with Crippen molar-refractivity contribution in [1.82, 2.24) is 0 Å². The quantitative estimate of drug-likeness (QED) is 0.365. The fourth-order valence-corrected chi connectivity index (χ4v) is 2.33. The van der Waals surface area contributed by atoms with Crippen LogP contribution in [0.25, 0.3) is 0 Å². The van der Waals surface area contributed by atoms with Crippen molar-refractivity contribution in [3.63, 3.8) is 0 Å². The van der Waals surface area contributed by atoms with E-state index in [1.165, 1.54) is 64.2 Å². The summed E-state index contributed by atoms with van der Waals surface area (Å²) in [6, 6.07) is 0. The van der Waals surface area contributed by atoms with E-state index < -0.39 is 11.4 Å². The third-order valence-electron chi connectivity index (χ3n) is 3.18. The summed E-state index contributed by atoms with van der Waals surface area (Å²) >= 11 is -2.08. The summed E-state index contributed by atoms with van der Waals surface area (Å²) in [5, 5.41) is 0. The molecule has 0 spiro atoms. The third kappa shape index (κ3) is 16.1. The molecule has 1 atom stereocenters. The maximum Gasteiger partial charge on any atom is 0.301 e. The molecule has 0 saturated carbocycles. The Kier molecular flexibility index (Phi) is 15.2. The van der Waals surface area contributed by atoms with Crippen LogP contribution in [0.2, 0.25) is 0 Å². The standard InChI is InChI=1S/C14H30O3S/c1-2-3-4-5-6-7-8-9-10-11-12-13-14-17-18(15)16/h2-14H2,1H3,(H,15,16). The first-order valence-electron chi connectivity index (χ1n) is 7.51.